The van der Waals surface area contributed by atoms with Crippen LogP contribution in [0.5, 0.6) is 5.75 Å². The van der Waals surface area contributed by atoms with Crippen molar-refractivity contribution < 1.29 is 38.0 Å². The van der Waals surface area contributed by atoms with Gasteiger partial charge in [0.15, 0.2) is 0 Å². The highest BCUT2D eigenvalue weighted by atomic mass is 16.7. The van der Waals surface area contributed by atoms with Crippen molar-refractivity contribution in [3.63, 3.8) is 0 Å². The van der Waals surface area contributed by atoms with Crippen LogP contribution in [0.1, 0.15) is 37.7 Å². The number of carbonyl (C=O) groups excluding carboxylic acids is 1. The van der Waals surface area contributed by atoms with E-state index in [0.29, 0.717) is 45.3 Å². The lowest BCUT2D eigenvalue weighted by Gasteiger charge is -2.26. The number of hydrogen-bond acceptors (Lipinski definition) is 8. The number of cyclic esters (lactones) is 1. The maximum atomic E-state index is 12.0. The third-order valence-electron chi connectivity index (χ3n) is 5.05. The van der Waals surface area contributed by atoms with Gasteiger partial charge >= 0.3 is 5.97 Å². The van der Waals surface area contributed by atoms with Crippen molar-refractivity contribution in [3.8, 4) is 5.75 Å². The molecule has 1 aliphatic rings. The Bertz CT molecular complexity index is 660. The van der Waals surface area contributed by atoms with Crippen LogP contribution in [0.15, 0.2) is 36.4 Å². The minimum absolute atomic E-state index is 0.135. The molecule has 0 fully saturated rings. The van der Waals surface area contributed by atoms with Crippen molar-refractivity contribution in [1.29, 1.82) is 0 Å². The highest BCUT2D eigenvalue weighted by Gasteiger charge is 2.22. The largest absolute Gasteiger partial charge is 0.497 e. The van der Waals surface area contributed by atoms with Gasteiger partial charge < -0.3 is 33.2 Å². The van der Waals surface area contributed by atoms with Crippen LogP contribution in [0.2, 0.25) is 0 Å². The Hall–Kier alpha value is -1.97. The fourth-order valence-electron chi connectivity index (χ4n) is 3.32. The predicted molar refractivity (Wildman–Crippen MR) is 118 cm³/mol. The quantitative estimate of drug-likeness (QED) is 0.302. The maximum Gasteiger partial charge on any atom is 0.305 e. The molecular formula is C24H36O8. The molecule has 1 aromatic rings. The van der Waals surface area contributed by atoms with Gasteiger partial charge in [-0.25, -0.2) is 0 Å². The Morgan fingerprint density at radius 1 is 0.906 bits per heavy atom. The lowest BCUT2D eigenvalue weighted by molar-refractivity contribution is -0.144. The van der Waals surface area contributed by atoms with E-state index in [1.54, 1.807) is 21.3 Å². The monoisotopic (exact) mass is 452 g/mol. The normalized spacial score (nSPS) is 24.0. The molecule has 0 bridgehead atoms. The van der Waals surface area contributed by atoms with Crippen molar-refractivity contribution in [2.24, 2.45) is 0 Å². The molecule has 0 saturated carbocycles. The topological polar surface area (TPSA) is 81.7 Å². The zero-order valence-corrected chi connectivity index (χ0v) is 19.3. The van der Waals surface area contributed by atoms with Crippen LogP contribution in [-0.2, 0) is 39.8 Å². The number of rotatable bonds is 10. The molecule has 0 spiro atoms. The summed E-state index contributed by atoms with van der Waals surface area (Å²) < 4.78 is 38.7. The van der Waals surface area contributed by atoms with E-state index in [-0.39, 0.29) is 37.9 Å². The third kappa shape index (κ3) is 10.1. The SMILES string of the molecule is COCO[C@@H]1/C=C/[C@H](OCOC)[C@@H](OCc2ccc(OC)cc2)CCCOC(=O)CCC1. The maximum absolute atomic E-state index is 12.0. The smallest absolute Gasteiger partial charge is 0.305 e. The molecule has 1 aromatic carbocycles. The van der Waals surface area contributed by atoms with Gasteiger partial charge in [0, 0.05) is 20.6 Å². The lowest BCUT2D eigenvalue weighted by Crippen LogP contribution is -2.31. The molecule has 8 heteroatoms. The average molecular weight is 453 g/mol. The molecule has 8 nitrogen and oxygen atoms in total. The van der Waals surface area contributed by atoms with Crippen molar-refractivity contribution in [2.75, 3.05) is 41.5 Å². The van der Waals surface area contributed by atoms with Gasteiger partial charge in [-0.3, -0.25) is 4.79 Å². The van der Waals surface area contributed by atoms with E-state index in [1.165, 1.54) is 0 Å². The second-order valence-electron chi connectivity index (χ2n) is 7.49. The molecular weight excluding hydrogens is 416 g/mol. The number of ether oxygens (including phenoxy) is 7. The van der Waals surface area contributed by atoms with Crippen LogP contribution >= 0.6 is 0 Å². The molecule has 0 unspecified atom stereocenters. The average Bonchev–Trinajstić information content (AvgIpc) is 2.83. The van der Waals surface area contributed by atoms with Crippen LogP contribution in [0, 0.1) is 0 Å². The highest BCUT2D eigenvalue weighted by Crippen LogP contribution is 2.19. The number of hydrogen-bond donors (Lipinski definition) is 0. The van der Waals surface area contributed by atoms with Crippen LogP contribution in [0.3, 0.4) is 0 Å². The van der Waals surface area contributed by atoms with Gasteiger partial charge in [0.2, 0.25) is 0 Å². The minimum Gasteiger partial charge on any atom is -0.497 e. The lowest BCUT2D eigenvalue weighted by atomic mass is 10.1. The summed E-state index contributed by atoms with van der Waals surface area (Å²) in [6.07, 6.45) is 6.12. The van der Waals surface area contributed by atoms with Gasteiger partial charge in [-0.05, 0) is 43.4 Å². The molecule has 0 saturated heterocycles. The van der Waals surface area contributed by atoms with Gasteiger partial charge in [0.1, 0.15) is 25.4 Å². The highest BCUT2D eigenvalue weighted by molar-refractivity contribution is 5.69. The van der Waals surface area contributed by atoms with Crippen LogP contribution in [-0.4, -0.2) is 65.8 Å². The van der Waals surface area contributed by atoms with Crippen molar-refractivity contribution in [1.82, 2.24) is 0 Å². The van der Waals surface area contributed by atoms with Crippen LogP contribution < -0.4 is 4.74 Å². The Balaban J connectivity index is 2.13. The number of methoxy groups -OCH3 is 3. The van der Waals surface area contributed by atoms with E-state index in [2.05, 4.69) is 0 Å². The van der Waals surface area contributed by atoms with Crippen molar-refractivity contribution in [2.45, 2.75) is 57.0 Å². The summed E-state index contributed by atoms with van der Waals surface area (Å²) in [6.45, 7) is 1.07. The van der Waals surface area contributed by atoms with E-state index in [9.17, 15) is 4.79 Å². The fraction of sp³-hybridized carbons (Fsp3) is 0.625. The Morgan fingerprint density at radius 3 is 2.38 bits per heavy atom. The fourth-order valence-corrected chi connectivity index (χ4v) is 3.32. The van der Waals surface area contributed by atoms with Gasteiger partial charge in [-0.1, -0.05) is 24.3 Å². The van der Waals surface area contributed by atoms with E-state index in [4.69, 9.17) is 33.2 Å². The summed E-state index contributed by atoms with van der Waals surface area (Å²) in [5, 5.41) is 0. The molecule has 2 rings (SSSR count). The molecule has 0 aliphatic carbocycles. The predicted octanol–water partition coefficient (Wildman–Crippen LogP) is 3.62. The zero-order chi connectivity index (χ0) is 23.0. The summed E-state index contributed by atoms with van der Waals surface area (Å²) >= 11 is 0. The Morgan fingerprint density at radius 2 is 1.66 bits per heavy atom. The number of benzene rings is 1. The van der Waals surface area contributed by atoms with Crippen molar-refractivity contribution >= 4 is 5.97 Å². The van der Waals surface area contributed by atoms with Gasteiger partial charge in [0.05, 0.1) is 32.5 Å². The summed E-state index contributed by atoms with van der Waals surface area (Å²) in [7, 11) is 4.80. The second-order valence-corrected chi connectivity index (χ2v) is 7.49. The van der Waals surface area contributed by atoms with Gasteiger partial charge in [-0.15, -0.1) is 0 Å². The molecule has 0 amide bonds. The molecule has 1 aliphatic heterocycles. The molecule has 0 aromatic heterocycles. The standard InChI is InChI=1S/C24H36O8/c1-26-17-31-21-6-4-8-24(25)29-15-5-7-22(23(14-13-21)32-18-27-2)30-16-19-9-11-20(28-3)12-10-19/h9-14,21-23H,4-8,15-18H2,1-3H3/b14-13+/t21-,22-,23-/m0/s1. The summed E-state index contributed by atoms with van der Waals surface area (Å²) in [5.74, 6) is 0.602. The molecule has 32 heavy (non-hydrogen) atoms. The third-order valence-corrected chi connectivity index (χ3v) is 5.05. The summed E-state index contributed by atoms with van der Waals surface area (Å²) in [5.41, 5.74) is 1.02. The Labute approximate surface area is 190 Å². The van der Waals surface area contributed by atoms with E-state index < -0.39 is 0 Å². The van der Waals surface area contributed by atoms with Gasteiger partial charge in [-0.2, -0.15) is 0 Å². The molecule has 3 atom stereocenters. The van der Waals surface area contributed by atoms with E-state index in [1.807, 2.05) is 36.4 Å². The number of esters is 1. The van der Waals surface area contributed by atoms with Crippen LogP contribution in [0.4, 0.5) is 0 Å². The summed E-state index contributed by atoms with van der Waals surface area (Å²) in [6, 6.07) is 7.74. The van der Waals surface area contributed by atoms with E-state index >= 15 is 0 Å². The van der Waals surface area contributed by atoms with E-state index in [0.717, 1.165) is 11.3 Å². The minimum atomic E-state index is -0.349. The first-order valence-corrected chi connectivity index (χ1v) is 11.0. The molecule has 180 valence electrons. The van der Waals surface area contributed by atoms with Gasteiger partial charge in [0.25, 0.3) is 0 Å². The first-order chi connectivity index (χ1) is 15.7. The summed E-state index contributed by atoms with van der Waals surface area (Å²) in [4.78, 5) is 12.0. The number of carbonyl (C=O) groups is 1. The van der Waals surface area contributed by atoms with Crippen molar-refractivity contribution in [3.05, 3.63) is 42.0 Å². The second kappa shape index (κ2) is 15.8. The van der Waals surface area contributed by atoms with Crippen LogP contribution in [0.25, 0.3) is 0 Å². The molecule has 1 heterocycles. The molecule has 0 N–H and O–H groups in total. The molecule has 0 radical (unpaired) electrons. The first-order valence-electron chi connectivity index (χ1n) is 11.0. The first kappa shape index (κ1) is 26.3. The Kier molecular flexibility index (Phi) is 13.0. The zero-order valence-electron chi connectivity index (χ0n) is 19.3.